The van der Waals surface area contributed by atoms with Gasteiger partial charge >= 0.3 is 5.97 Å². The molecule has 0 heterocycles. The first-order valence-electron chi connectivity index (χ1n) is 10.6. The zero-order valence-corrected chi connectivity index (χ0v) is 22.0. The van der Waals surface area contributed by atoms with Crippen LogP contribution < -0.4 is 0 Å². The Labute approximate surface area is 166 Å². The zero-order valence-electron chi connectivity index (χ0n) is 19.0. The van der Waals surface area contributed by atoms with Crippen molar-refractivity contribution < 1.29 is 13.6 Å². The molecule has 0 bridgehead atoms. The maximum atomic E-state index is 12.7. The van der Waals surface area contributed by atoms with Crippen LogP contribution >= 0.6 is 0 Å². The van der Waals surface area contributed by atoms with E-state index in [1.54, 1.807) is 0 Å². The third-order valence-corrected chi connectivity index (χ3v) is 14.8. The van der Waals surface area contributed by atoms with Gasteiger partial charge in [0.15, 0.2) is 8.32 Å². The van der Waals surface area contributed by atoms with Crippen LogP contribution in [0.1, 0.15) is 40.5 Å². The summed E-state index contributed by atoms with van der Waals surface area (Å²) < 4.78 is 14.6. The molecule has 0 rings (SSSR count). The van der Waals surface area contributed by atoms with Gasteiger partial charge in [-0.3, -0.25) is 4.79 Å². The molecule has 0 aromatic carbocycles. The third-order valence-electron chi connectivity index (χ3n) is 5.44. The van der Waals surface area contributed by atoms with E-state index in [4.69, 9.17) is 8.85 Å². The van der Waals surface area contributed by atoms with Crippen LogP contribution in [0, 0.1) is 0 Å². The van der Waals surface area contributed by atoms with Crippen LogP contribution in [0.2, 0.25) is 56.9 Å². The average molecular weight is 420 g/mol. The monoisotopic (exact) mass is 419 g/mol. The summed E-state index contributed by atoms with van der Waals surface area (Å²) in [7, 11) is -4.98. The van der Waals surface area contributed by atoms with Crippen LogP contribution in [-0.4, -0.2) is 55.1 Å². The summed E-state index contributed by atoms with van der Waals surface area (Å²) in [5.41, 5.74) is 0. The maximum absolute atomic E-state index is 12.7. The van der Waals surface area contributed by atoms with Crippen molar-refractivity contribution in [2.24, 2.45) is 0 Å². The van der Waals surface area contributed by atoms with Crippen molar-refractivity contribution in [2.45, 2.75) is 97.4 Å². The summed E-state index contributed by atoms with van der Waals surface area (Å²) in [6, 6.07) is 4.22. The SMILES string of the molecule is CCCO[Si](C)(C)CCCN(CC(=O)O[Si](CC)(CC)CC)[Si](C)(C)C. The number of hydrogen-bond donors (Lipinski definition) is 0. The number of nitrogens with zero attached hydrogens (tertiary/aromatic N) is 1. The second-order valence-corrected chi connectivity index (χ2v) is 23.0. The quantitative estimate of drug-likeness (QED) is 0.339. The Morgan fingerprint density at radius 1 is 0.923 bits per heavy atom. The molecule has 0 saturated heterocycles. The highest BCUT2D eigenvalue weighted by Crippen LogP contribution is 2.23. The Kier molecular flexibility index (Phi) is 11.8. The van der Waals surface area contributed by atoms with E-state index in [0.29, 0.717) is 6.54 Å². The summed E-state index contributed by atoms with van der Waals surface area (Å²) in [6.07, 6.45) is 2.19. The Morgan fingerprint density at radius 3 is 1.88 bits per heavy atom. The van der Waals surface area contributed by atoms with Crippen molar-refractivity contribution >= 4 is 30.8 Å². The van der Waals surface area contributed by atoms with Crippen molar-refractivity contribution in [3.63, 3.8) is 0 Å². The molecule has 0 amide bonds. The lowest BCUT2D eigenvalue weighted by Gasteiger charge is -2.36. The summed E-state index contributed by atoms with van der Waals surface area (Å²) in [5, 5.41) is 0. The van der Waals surface area contributed by atoms with Gasteiger partial charge in [-0.1, -0.05) is 47.3 Å². The van der Waals surface area contributed by atoms with E-state index >= 15 is 0 Å². The highest BCUT2D eigenvalue weighted by molar-refractivity contribution is 6.75. The topological polar surface area (TPSA) is 38.8 Å². The molecule has 0 aliphatic heterocycles. The number of hydrogen-bond acceptors (Lipinski definition) is 4. The molecule has 7 heteroatoms. The Balaban J connectivity index is 4.75. The normalized spacial score (nSPS) is 13.3. The summed E-state index contributed by atoms with van der Waals surface area (Å²) in [4.78, 5) is 12.7. The van der Waals surface area contributed by atoms with Gasteiger partial charge in [-0.15, -0.1) is 0 Å². The first kappa shape index (κ1) is 26.0. The number of carbonyl (C=O) groups excluding carboxylic acids is 1. The first-order valence-corrected chi connectivity index (χ1v) is 19.6. The molecule has 0 unspecified atom stereocenters. The van der Waals surface area contributed by atoms with Crippen LogP contribution in [0.5, 0.6) is 0 Å². The molecule has 0 aromatic rings. The lowest BCUT2D eigenvalue weighted by atomic mass is 10.4. The molecule has 0 aromatic heterocycles. The van der Waals surface area contributed by atoms with Crippen LogP contribution in [0.3, 0.4) is 0 Å². The molecule has 4 nitrogen and oxygen atoms in total. The highest BCUT2D eigenvalue weighted by Gasteiger charge is 2.34. The van der Waals surface area contributed by atoms with Gasteiger partial charge in [-0.2, -0.15) is 0 Å². The van der Waals surface area contributed by atoms with Gasteiger partial charge in [0.05, 0.1) is 6.54 Å². The van der Waals surface area contributed by atoms with Gasteiger partial charge in [-0.05, 0) is 56.7 Å². The van der Waals surface area contributed by atoms with E-state index in [0.717, 1.165) is 50.2 Å². The molecule has 0 aliphatic carbocycles. The predicted octanol–water partition coefficient (Wildman–Crippen LogP) is 5.69. The zero-order chi connectivity index (χ0) is 20.4. The van der Waals surface area contributed by atoms with Gasteiger partial charge in [0.2, 0.25) is 0 Å². The molecule has 0 spiro atoms. The Morgan fingerprint density at radius 2 is 1.46 bits per heavy atom. The smallest absolute Gasteiger partial charge is 0.306 e. The molecule has 0 N–H and O–H groups in total. The van der Waals surface area contributed by atoms with Crippen molar-refractivity contribution in [3.8, 4) is 0 Å². The first-order chi connectivity index (χ1) is 11.9. The molecule has 0 atom stereocenters. The molecule has 156 valence electrons. The van der Waals surface area contributed by atoms with Gasteiger partial charge in [0.1, 0.15) is 8.24 Å². The predicted molar refractivity (Wildman–Crippen MR) is 121 cm³/mol. The minimum atomic E-state index is -1.86. The fourth-order valence-corrected chi connectivity index (χ4v) is 9.02. The number of rotatable bonds is 14. The van der Waals surface area contributed by atoms with Crippen molar-refractivity contribution in [1.29, 1.82) is 0 Å². The van der Waals surface area contributed by atoms with Crippen molar-refractivity contribution in [2.75, 3.05) is 19.7 Å². The molecular formula is C19H45NO3Si3. The minimum Gasteiger partial charge on any atom is -0.518 e. The van der Waals surface area contributed by atoms with E-state index in [2.05, 4.69) is 65.0 Å². The van der Waals surface area contributed by atoms with Crippen LogP contribution in [0.15, 0.2) is 0 Å². The van der Waals surface area contributed by atoms with Gasteiger partial charge in [0.25, 0.3) is 8.32 Å². The Bertz CT molecular complexity index is 399. The van der Waals surface area contributed by atoms with Crippen molar-refractivity contribution in [1.82, 2.24) is 4.57 Å². The summed E-state index contributed by atoms with van der Waals surface area (Å²) >= 11 is 0. The van der Waals surface area contributed by atoms with Gasteiger partial charge in [-0.25, -0.2) is 0 Å². The Hall–Kier alpha value is 0.0406. The molecule has 0 aliphatic rings. The standard InChI is InChI=1S/C19H45NO3Si3/c1-10-16-22-25(8,9)17-14-15-20(24(5,6)7)18-19(21)23-26(11-2,12-3)13-4/h10-18H2,1-9H3. The third kappa shape index (κ3) is 9.83. The summed E-state index contributed by atoms with van der Waals surface area (Å²) in [5.74, 6) is 0.00313. The summed E-state index contributed by atoms with van der Waals surface area (Å²) in [6.45, 7) is 22.6. The fourth-order valence-electron chi connectivity index (χ4n) is 3.19. The maximum Gasteiger partial charge on any atom is 0.306 e. The molecule has 0 fully saturated rings. The van der Waals surface area contributed by atoms with Crippen LogP contribution in [0.25, 0.3) is 0 Å². The van der Waals surface area contributed by atoms with Crippen LogP contribution in [-0.2, 0) is 13.6 Å². The van der Waals surface area contributed by atoms with Gasteiger partial charge < -0.3 is 13.4 Å². The molecular weight excluding hydrogens is 374 g/mol. The highest BCUT2D eigenvalue weighted by atomic mass is 28.4. The lowest BCUT2D eigenvalue weighted by Crippen LogP contribution is -2.51. The van der Waals surface area contributed by atoms with E-state index in [9.17, 15) is 4.79 Å². The minimum absolute atomic E-state index is 0.00313. The van der Waals surface area contributed by atoms with Crippen LogP contribution in [0.4, 0.5) is 0 Å². The number of carbonyl (C=O) groups is 1. The van der Waals surface area contributed by atoms with E-state index < -0.39 is 24.9 Å². The second-order valence-electron chi connectivity index (χ2n) is 9.02. The van der Waals surface area contributed by atoms with E-state index in [1.165, 1.54) is 0 Å². The second kappa shape index (κ2) is 11.8. The molecule has 0 saturated carbocycles. The fraction of sp³-hybridized carbons (Fsp3) is 0.947. The van der Waals surface area contributed by atoms with Crippen molar-refractivity contribution in [3.05, 3.63) is 0 Å². The molecule has 26 heavy (non-hydrogen) atoms. The largest absolute Gasteiger partial charge is 0.518 e. The van der Waals surface area contributed by atoms with E-state index in [-0.39, 0.29) is 5.97 Å². The lowest BCUT2D eigenvalue weighted by molar-refractivity contribution is -0.135. The van der Waals surface area contributed by atoms with E-state index in [1.807, 2.05) is 0 Å². The van der Waals surface area contributed by atoms with Gasteiger partial charge in [0, 0.05) is 6.61 Å². The molecule has 0 radical (unpaired) electrons. The average Bonchev–Trinajstić information content (AvgIpc) is 2.56.